The Morgan fingerprint density at radius 2 is 1.80 bits per heavy atom. The topological polar surface area (TPSA) is 18.5 Å². The summed E-state index contributed by atoms with van der Waals surface area (Å²) in [6.07, 6.45) is 4.55. The fourth-order valence-electron chi connectivity index (χ4n) is 2.65. The molecule has 0 saturated heterocycles. The lowest BCUT2D eigenvalue weighted by atomic mass is 10.1. The van der Waals surface area contributed by atoms with Crippen LogP contribution in [-0.2, 0) is 0 Å². The molecule has 0 amide bonds. The predicted molar refractivity (Wildman–Crippen MR) is 112 cm³/mol. The Kier molecular flexibility index (Phi) is 8.38. The van der Waals surface area contributed by atoms with Gasteiger partial charge in [-0.1, -0.05) is 72.6 Å². The van der Waals surface area contributed by atoms with Gasteiger partial charge in [-0.15, -0.1) is 0 Å². The molecule has 0 saturated carbocycles. The van der Waals surface area contributed by atoms with Crippen LogP contribution in [0.2, 0.25) is 5.02 Å². The van der Waals surface area contributed by atoms with Crippen molar-refractivity contribution in [3.8, 4) is 11.5 Å². The first kappa shape index (κ1) is 20.4. The van der Waals surface area contributed by atoms with Crippen LogP contribution in [0.25, 0.3) is 10.8 Å². The molecular formula is C21H28BrClO2. The molecule has 1 unspecified atom stereocenters. The molecule has 0 N–H and O–H groups in total. The first-order valence-corrected chi connectivity index (χ1v) is 10.4. The quantitative estimate of drug-likeness (QED) is 0.293. The highest BCUT2D eigenvalue weighted by Gasteiger charge is 2.13. The minimum atomic E-state index is 0.451. The lowest BCUT2D eigenvalue weighted by Gasteiger charge is -2.16. The average molecular weight is 428 g/mol. The lowest BCUT2D eigenvalue weighted by Crippen LogP contribution is -2.06. The molecular weight excluding hydrogens is 400 g/mol. The maximum Gasteiger partial charge on any atom is 0.145 e. The Bertz CT molecular complexity index is 672. The number of rotatable bonds is 10. The average Bonchev–Trinajstić information content (AvgIpc) is 2.60. The third-order valence-electron chi connectivity index (χ3n) is 4.09. The van der Waals surface area contributed by atoms with Gasteiger partial charge in [0.25, 0.3) is 0 Å². The van der Waals surface area contributed by atoms with Gasteiger partial charge < -0.3 is 9.47 Å². The van der Waals surface area contributed by atoms with Gasteiger partial charge in [0.15, 0.2) is 0 Å². The number of hydrogen-bond acceptors (Lipinski definition) is 2. The highest BCUT2D eigenvalue weighted by molar-refractivity contribution is 9.09. The zero-order valence-electron chi connectivity index (χ0n) is 15.4. The van der Waals surface area contributed by atoms with Crippen LogP contribution < -0.4 is 9.47 Å². The highest BCUT2D eigenvalue weighted by atomic mass is 79.9. The van der Waals surface area contributed by atoms with E-state index in [1.807, 2.05) is 24.3 Å². The fourth-order valence-corrected chi connectivity index (χ4v) is 3.23. The molecule has 4 heteroatoms. The second kappa shape index (κ2) is 10.3. The molecule has 0 aliphatic carbocycles. The Hall–Kier alpha value is -0.930. The minimum absolute atomic E-state index is 0.451. The van der Waals surface area contributed by atoms with Gasteiger partial charge in [-0.05, 0) is 31.6 Å². The number of unbranched alkanes of at least 4 members (excludes halogenated alkanes) is 1. The molecule has 0 aliphatic rings. The molecule has 138 valence electrons. The van der Waals surface area contributed by atoms with E-state index in [2.05, 4.69) is 42.8 Å². The van der Waals surface area contributed by atoms with Crippen LogP contribution in [0, 0.1) is 5.92 Å². The summed E-state index contributed by atoms with van der Waals surface area (Å²) in [6.45, 7) is 7.81. The molecule has 25 heavy (non-hydrogen) atoms. The first-order valence-electron chi connectivity index (χ1n) is 9.13. The minimum Gasteiger partial charge on any atom is -0.493 e. The van der Waals surface area contributed by atoms with E-state index in [0.717, 1.165) is 35.1 Å². The van der Waals surface area contributed by atoms with Gasteiger partial charge >= 0.3 is 0 Å². The molecule has 0 heterocycles. The van der Waals surface area contributed by atoms with E-state index in [1.165, 1.54) is 12.8 Å². The molecule has 2 aromatic rings. The number of benzene rings is 2. The normalized spacial score (nSPS) is 12.6. The fraction of sp³-hybridized carbons (Fsp3) is 0.524. The van der Waals surface area contributed by atoms with Crippen molar-refractivity contribution < 1.29 is 9.47 Å². The maximum absolute atomic E-state index is 6.48. The van der Waals surface area contributed by atoms with E-state index in [-0.39, 0.29) is 0 Å². The molecule has 0 aromatic heterocycles. The summed E-state index contributed by atoms with van der Waals surface area (Å²) in [6, 6.07) is 10.0. The van der Waals surface area contributed by atoms with E-state index in [4.69, 9.17) is 21.1 Å². The number of ether oxygens (including phenoxy) is 2. The zero-order valence-corrected chi connectivity index (χ0v) is 17.7. The van der Waals surface area contributed by atoms with E-state index >= 15 is 0 Å². The second-order valence-corrected chi connectivity index (χ2v) is 8.49. The number of halogens is 2. The van der Waals surface area contributed by atoms with Crippen LogP contribution in [0.4, 0.5) is 0 Å². The number of alkyl halides is 1. The van der Waals surface area contributed by atoms with Crippen molar-refractivity contribution in [2.45, 2.75) is 51.3 Å². The van der Waals surface area contributed by atoms with Crippen molar-refractivity contribution in [2.24, 2.45) is 5.92 Å². The maximum atomic E-state index is 6.48. The predicted octanol–water partition coefficient (Wildman–Crippen LogP) is 7.25. The second-order valence-electron chi connectivity index (χ2n) is 6.79. The zero-order chi connectivity index (χ0) is 18.2. The molecule has 0 radical (unpaired) electrons. The summed E-state index contributed by atoms with van der Waals surface area (Å²) in [7, 11) is 0. The molecule has 1 atom stereocenters. The molecule has 2 nitrogen and oxygen atoms in total. The Balaban J connectivity index is 2.09. The smallest absolute Gasteiger partial charge is 0.145 e. The Labute approximate surface area is 165 Å². The standard InChI is InChI=1S/C21H28BrClO2/c1-4-16(22)9-7-8-12-24-20-13-19(23)21(25-14-15(2)3)18-11-6-5-10-17(18)20/h5-6,10-11,13,15-16H,4,7-9,12,14H2,1-3H3. The van der Waals surface area contributed by atoms with Crippen LogP contribution in [0.15, 0.2) is 30.3 Å². The van der Waals surface area contributed by atoms with Gasteiger partial charge in [-0.25, -0.2) is 0 Å². The van der Waals surface area contributed by atoms with Crippen molar-refractivity contribution in [1.82, 2.24) is 0 Å². The van der Waals surface area contributed by atoms with Gasteiger partial charge in [0.2, 0.25) is 0 Å². The summed E-state index contributed by atoms with van der Waals surface area (Å²) in [4.78, 5) is 0.611. The van der Waals surface area contributed by atoms with Crippen molar-refractivity contribution in [1.29, 1.82) is 0 Å². The Morgan fingerprint density at radius 3 is 2.48 bits per heavy atom. The molecule has 0 bridgehead atoms. The van der Waals surface area contributed by atoms with Crippen LogP contribution >= 0.6 is 27.5 Å². The highest BCUT2D eigenvalue weighted by Crippen LogP contribution is 2.39. The first-order chi connectivity index (χ1) is 12.0. The molecule has 0 spiro atoms. The van der Waals surface area contributed by atoms with Crippen molar-refractivity contribution in [3.05, 3.63) is 35.4 Å². The lowest BCUT2D eigenvalue weighted by molar-refractivity contribution is 0.273. The molecule has 2 rings (SSSR count). The van der Waals surface area contributed by atoms with E-state index < -0.39 is 0 Å². The summed E-state index contributed by atoms with van der Waals surface area (Å²) >= 11 is 10.2. The molecule has 2 aromatic carbocycles. The van der Waals surface area contributed by atoms with Gasteiger partial charge in [-0.2, -0.15) is 0 Å². The van der Waals surface area contributed by atoms with Crippen molar-refractivity contribution in [2.75, 3.05) is 13.2 Å². The van der Waals surface area contributed by atoms with E-state index in [9.17, 15) is 0 Å². The molecule has 0 fully saturated rings. The summed E-state index contributed by atoms with van der Waals surface area (Å²) in [5.74, 6) is 2.04. The largest absolute Gasteiger partial charge is 0.493 e. The summed E-state index contributed by atoms with van der Waals surface area (Å²) < 4.78 is 12.0. The van der Waals surface area contributed by atoms with Gasteiger partial charge in [-0.3, -0.25) is 0 Å². The number of fused-ring (bicyclic) bond motifs is 1. The van der Waals surface area contributed by atoms with Crippen LogP contribution in [0.3, 0.4) is 0 Å². The van der Waals surface area contributed by atoms with Gasteiger partial charge in [0.05, 0.1) is 18.2 Å². The Morgan fingerprint density at radius 1 is 1.08 bits per heavy atom. The summed E-state index contributed by atoms with van der Waals surface area (Å²) in [5, 5.41) is 2.68. The number of hydrogen-bond donors (Lipinski definition) is 0. The van der Waals surface area contributed by atoms with Crippen LogP contribution in [0.5, 0.6) is 11.5 Å². The SMILES string of the molecule is CCC(Br)CCCCOc1cc(Cl)c(OCC(C)C)c2ccccc12. The van der Waals surface area contributed by atoms with Crippen LogP contribution in [0.1, 0.15) is 46.5 Å². The van der Waals surface area contributed by atoms with Gasteiger partial charge in [0.1, 0.15) is 11.5 Å². The monoisotopic (exact) mass is 426 g/mol. The van der Waals surface area contributed by atoms with Crippen molar-refractivity contribution in [3.63, 3.8) is 0 Å². The third-order valence-corrected chi connectivity index (χ3v) is 5.47. The van der Waals surface area contributed by atoms with Gasteiger partial charge in [0, 0.05) is 21.7 Å². The third kappa shape index (κ3) is 6.07. The summed E-state index contributed by atoms with van der Waals surface area (Å²) in [5.41, 5.74) is 0. The van der Waals surface area contributed by atoms with Crippen LogP contribution in [-0.4, -0.2) is 18.0 Å². The van der Waals surface area contributed by atoms with E-state index in [1.54, 1.807) is 0 Å². The van der Waals surface area contributed by atoms with Crippen molar-refractivity contribution >= 4 is 38.3 Å². The van der Waals surface area contributed by atoms with E-state index in [0.29, 0.717) is 29.0 Å². The molecule has 0 aliphatic heterocycles.